The molecule has 1 unspecified atom stereocenters. The Kier molecular flexibility index (Phi) is 11.6. The van der Waals surface area contributed by atoms with E-state index in [2.05, 4.69) is 24.1 Å². The van der Waals surface area contributed by atoms with Crippen LogP contribution in [0.1, 0.15) is 82.0 Å². The van der Waals surface area contributed by atoms with Crippen LogP contribution in [0.25, 0.3) is 0 Å². The number of nitrogens with zero attached hydrogens (tertiary/aromatic N) is 1. The van der Waals surface area contributed by atoms with E-state index in [-0.39, 0.29) is 39.6 Å². The van der Waals surface area contributed by atoms with Crippen molar-refractivity contribution in [2.45, 2.75) is 77.7 Å². The van der Waals surface area contributed by atoms with Gasteiger partial charge in [-0.1, -0.05) is 69.2 Å². The minimum Gasteiger partial charge on any atom is -0.494 e. The van der Waals surface area contributed by atoms with Crippen LogP contribution in [0.4, 0.5) is 0 Å². The Morgan fingerprint density at radius 2 is 1.78 bits per heavy atom. The number of halogens is 2. The predicted molar refractivity (Wildman–Crippen MR) is 129 cm³/mol. The second-order valence-corrected chi connectivity index (χ2v) is 9.02. The summed E-state index contributed by atoms with van der Waals surface area (Å²) < 4.78 is 10.9. The molecular weight excluding hydrogens is 451 g/mol. The van der Waals surface area contributed by atoms with Crippen molar-refractivity contribution in [3.63, 3.8) is 0 Å². The number of carbonyl (C=O) groups excluding carboxylic acids is 2. The molecule has 0 spiro atoms. The zero-order valence-electron chi connectivity index (χ0n) is 19.5. The van der Waals surface area contributed by atoms with E-state index in [1.807, 2.05) is 0 Å². The molecule has 1 fully saturated rings. The summed E-state index contributed by atoms with van der Waals surface area (Å²) in [5, 5.41) is 3.24. The minimum absolute atomic E-state index is 0.000157. The maximum Gasteiger partial charge on any atom is 0.311 e. The van der Waals surface area contributed by atoms with E-state index >= 15 is 0 Å². The van der Waals surface area contributed by atoms with E-state index in [1.54, 1.807) is 0 Å². The second kappa shape index (κ2) is 13.9. The van der Waals surface area contributed by atoms with E-state index in [4.69, 9.17) is 32.7 Å². The van der Waals surface area contributed by atoms with Gasteiger partial charge in [-0.3, -0.25) is 14.5 Å². The zero-order chi connectivity index (χ0) is 23.5. The van der Waals surface area contributed by atoms with Gasteiger partial charge in [-0.15, -0.1) is 0 Å². The smallest absolute Gasteiger partial charge is 0.311 e. The van der Waals surface area contributed by atoms with E-state index in [0.717, 1.165) is 45.2 Å². The molecule has 0 aromatic heterocycles. The van der Waals surface area contributed by atoms with Gasteiger partial charge in [0.25, 0.3) is 5.91 Å². The third kappa shape index (κ3) is 7.53. The van der Waals surface area contributed by atoms with Crippen molar-refractivity contribution in [3.05, 3.63) is 21.7 Å². The number of nitrogens with one attached hydrogen (secondary N) is 1. The summed E-state index contributed by atoms with van der Waals surface area (Å²) in [5.41, 5.74) is 0.0577. The van der Waals surface area contributed by atoms with Gasteiger partial charge in [0, 0.05) is 19.0 Å². The molecule has 1 saturated heterocycles. The lowest BCUT2D eigenvalue weighted by molar-refractivity contribution is -0.134. The Morgan fingerprint density at radius 1 is 1.09 bits per heavy atom. The number of rotatable bonds is 13. The van der Waals surface area contributed by atoms with E-state index in [9.17, 15) is 9.59 Å². The molecule has 0 aliphatic carbocycles. The van der Waals surface area contributed by atoms with Crippen molar-refractivity contribution in [1.82, 2.24) is 10.2 Å². The number of hydrogen-bond acceptors (Lipinski definition) is 5. The lowest BCUT2D eigenvalue weighted by Gasteiger charge is -2.23. The Balaban J connectivity index is 2.09. The first-order chi connectivity index (χ1) is 15.4. The SMILES string of the molecule is CCCCCCCCC(=O)Oc1c(Cl)cc(Cl)c(OC)c1C(=O)NCC1CCCN1CC. The van der Waals surface area contributed by atoms with Gasteiger partial charge in [0.15, 0.2) is 11.5 Å². The maximum atomic E-state index is 13.1. The molecule has 180 valence electrons. The fraction of sp³-hybridized carbons (Fsp3) is 0.667. The molecule has 1 heterocycles. The molecule has 1 N–H and O–H groups in total. The van der Waals surface area contributed by atoms with Crippen molar-refractivity contribution in [2.24, 2.45) is 0 Å². The summed E-state index contributed by atoms with van der Waals surface area (Å²) >= 11 is 12.6. The number of methoxy groups -OCH3 is 1. The molecule has 1 atom stereocenters. The Labute approximate surface area is 201 Å². The van der Waals surface area contributed by atoms with Gasteiger partial charge in [-0.05, 0) is 38.4 Å². The topological polar surface area (TPSA) is 67.9 Å². The predicted octanol–water partition coefficient (Wildman–Crippen LogP) is 5.87. The Bertz CT molecular complexity index is 773. The quantitative estimate of drug-likeness (QED) is 0.214. The summed E-state index contributed by atoms with van der Waals surface area (Å²) in [7, 11) is 1.42. The average molecular weight is 487 g/mol. The minimum atomic E-state index is -0.422. The second-order valence-electron chi connectivity index (χ2n) is 8.20. The van der Waals surface area contributed by atoms with Crippen LogP contribution in [0.15, 0.2) is 6.07 Å². The summed E-state index contributed by atoms with van der Waals surface area (Å²) in [6.45, 7) is 6.74. The van der Waals surface area contributed by atoms with Crippen LogP contribution in [0.2, 0.25) is 10.0 Å². The molecule has 0 bridgehead atoms. The van der Waals surface area contributed by atoms with Crippen molar-refractivity contribution in [2.75, 3.05) is 26.7 Å². The van der Waals surface area contributed by atoms with Gasteiger partial charge in [0.1, 0.15) is 5.56 Å². The highest BCUT2D eigenvalue weighted by Gasteiger charge is 2.28. The first-order valence-corrected chi connectivity index (χ1v) is 12.5. The highest BCUT2D eigenvalue weighted by Crippen LogP contribution is 2.41. The lowest BCUT2D eigenvalue weighted by atomic mass is 10.1. The first kappa shape index (κ1) is 26.7. The standard InChI is InChI=1S/C24H36Cl2N2O4/c1-4-6-7-8-9-10-13-20(29)32-23-19(26)15-18(25)22(31-3)21(23)24(30)27-16-17-12-11-14-28(17)5-2/h15,17H,4-14,16H2,1-3H3,(H,27,30). The van der Waals surface area contributed by atoms with Crippen LogP contribution in [0, 0.1) is 0 Å². The number of ether oxygens (including phenoxy) is 2. The Hall–Kier alpha value is -1.50. The number of esters is 1. The average Bonchev–Trinajstić information content (AvgIpc) is 3.23. The number of likely N-dealkylation sites (N-methyl/N-ethyl adjacent to an activating group) is 1. The first-order valence-electron chi connectivity index (χ1n) is 11.7. The summed E-state index contributed by atoms with van der Waals surface area (Å²) in [4.78, 5) is 27.9. The lowest BCUT2D eigenvalue weighted by Crippen LogP contribution is -2.40. The third-order valence-corrected chi connectivity index (χ3v) is 6.49. The molecule has 0 radical (unpaired) electrons. The molecule has 0 saturated carbocycles. The monoisotopic (exact) mass is 486 g/mol. The molecule has 8 heteroatoms. The van der Waals surface area contributed by atoms with Gasteiger partial charge in [-0.25, -0.2) is 0 Å². The van der Waals surface area contributed by atoms with E-state index in [1.165, 1.54) is 32.4 Å². The van der Waals surface area contributed by atoms with Crippen LogP contribution >= 0.6 is 23.2 Å². The van der Waals surface area contributed by atoms with Crippen molar-refractivity contribution < 1.29 is 19.1 Å². The largest absolute Gasteiger partial charge is 0.494 e. The van der Waals surface area contributed by atoms with Gasteiger partial charge < -0.3 is 14.8 Å². The molecule has 1 aromatic rings. The van der Waals surface area contributed by atoms with Crippen LogP contribution in [0.5, 0.6) is 11.5 Å². The van der Waals surface area contributed by atoms with Crippen molar-refractivity contribution >= 4 is 35.1 Å². The maximum absolute atomic E-state index is 13.1. The van der Waals surface area contributed by atoms with Gasteiger partial charge >= 0.3 is 5.97 Å². The third-order valence-electron chi connectivity index (χ3n) is 5.93. The number of likely N-dealkylation sites (tertiary alicyclic amines) is 1. The number of hydrogen-bond donors (Lipinski definition) is 1. The molecule has 1 aliphatic heterocycles. The molecular formula is C24H36Cl2N2O4. The van der Waals surface area contributed by atoms with Crippen LogP contribution in [-0.4, -0.2) is 49.6 Å². The van der Waals surface area contributed by atoms with Crippen LogP contribution < -0.4 is 14.8 Å². The number of amides is 1. The molecule has 32 heavy (non-hydrogen) atoms. The Morgan fingerprint density at radius 3 is 2.47 bits per heavy atom. The summed E-state index contributed by atoms with van der Waals surface area (Å²) in [5.74, 6) is -0.694. The van der Waals surface area contributed by atoms with Gasteiger partial charge in [0.2, 0.25) is 0 Å². The number of benzene rings is 1. The molecule has 1 aromatic carbocycles. The molecule has 1 amide bonds. The van der Waals surface area contributed by atoms with Crippen LogP contribution in [0.3, 0.4) is 0 Å². The van der Waals surface area contributed by atoms with Gasteiger partial charge in [0.05, 0.1) is 17.2 Å². The van der Waals surface area contributed by atoms with Crippen molar-refractivity contribution in [3.8, 4) is 11.5 Å². The van der Waals surface area contributed by atoms with E-state index in [0.29, 0.717) is 6.54 Å². The van der Waals surface area contributed by atoms with Crippen LogP contribution in [-0.2, 0) is 4.79 Å². The fourth-order valence-electron chi connectivity index (χ4n) is 4.15. The highest BCUT2D eigenvalue weighted by atomic mass is 35.5. The normalized spacial score (nSPS) is 16.2. The summed E-state index contributed by atoms with van der Waals surface area (Å²) in [6.07, 6.45) is 8.77. The fourth-order valence-corrected chi connectivity index (χ4v) is 4.72. The molecule has 6 nitrogen and oxygen atoms in total. The highest BCUT2D eigenvalue weighted by molar-refractivity contribution is 6.37. The van der Waals surface area contributed by atoms with E-state index < -0.39 is 11.9 Å². The number of carbonyl (C=O) groups is 2. The van der Waals surface area contributed by atoms with Gasteiger partial charge in [-0.2, -0.15) is 0 Å². The molecule has 2 rings (SSSR count). The van der Waals surface area contributed by atoms with Crippen molar-refractivity contribution in [1.29, 1.82) is 0 Å². The summed E-state index contributed by atoms with van der Waals surface area (Å²) in [6, 6.07) is 1.71. The number of unbranched alkanes of at least 4 members (excludes halogenated alkanes) is 5. The zero-order valence-corrected chi connectivity index (χ0v) is 21.0. The molecule has 1 aliphatic rings.